The van der Waals surface area contributed by atoms with Crippen LogP contribution in [0, 0.1) is 5.82 Å². The van der Waals surface area contributed by atoms with Crippen molar-refractivity contribution in [1.82, 2.24) is 20.1 Å². The Kier molecular flexibility index (Phi) is 5.25. The van der Waals surface area contributed by atoms with Crippen LogP contribution in [0.3, 0.4) is 0 Å². The van der Waals surface area contributed by atoms with Crippen molar-refractivity contribution in [3.63, 3.8) is 0 Å². The first-order chi connectivity index (χ1) is 11.5. The van der Waals surface area contributed by atoms with Gasteiger partial charge in [0.1, 0.15) is 18.2 Å². The molecule has 1 fully saturated rings. The van der Waals surface area contributed by atoms with Crippen molar-refractivity contribution < 1.29 is 13.9 Å². The average Bonchev–Trinajstić information content (AvgIpc) is 3.28. The highest BCUT2D eigenvalue weighted by molar-refractivity contribution is 7.99. The Morgan fingerprint density at radius 2 is 2.29 bits per heavy atom. The molecule has 1 N–H and O–H groups in total. The Balaban J connectivity index is 1.54. The Bertz CT molecular complexity index is 751. The number of halogens is 2. The van der Waals surface area contributed by atoms with Crippen LogP contribution in [0.25, 0.3) is 0 Å². The summed E-state index contributed by atoms with van der Waals surface area (Å²) in [5, 5.41) is 11.8. The molecule has 1 aliphatic carbocycles. The third kappa shape index (κ3) is 4.39. The first-order valence-corrected chi connectivity index (χ1v) is 8.77. The van der Waals surface area contributed by atoms with Crippen molar-refractivity contribution in [2.24, 2.45) is 7.05 Å². The lowest BCUT2D eigenvalue weighted by atomic mass is 10.3. The molecule has 1 aromatic heterocycles. The standard InChI is InChI=1S/C15H16ClFN4O2S/c1-21-13(7-23-12-5-2-9(17)6-11(12)16)19-20-15(21)24-8-14(22)18-10-3-4-10/h2,5-6,10H,3-4,7-8H2,1H3,(H,18,22). The average molecular weight is 371 g/mol. The Hall–Kier alpha value is -1.80. The van der Waals surface area contributed by atoms with Gasteiger partial charge in [0.15, 0.2) is 11.0 Å². The number of benzene rings is 1. The Labute approximate surface area is 147 Å². The third-order valence-electron chi connectivity index (χ3n) is 3.45. The predicted octanol–water partition coefficient (Wildman–Crippen LogP) is 2.56. The van der Waals surface area contributed by atoms with E-state index in [1.807, 2.05) is 0 Å². The summed E-state index contributed by atoms with van der Waals surface area (Å²) in [7, 11) is 1.80. The first kappa shape index (κ1) is 17.0. The summed E-state index contributed by atoms with van der Waals surface area (Å²) >= 11 is 7.23. The quantitative estimate of drug-likeness (QED) is 0.758. The predicted molar refractivity (Wildman–Crippen MR) is 88.6 cm³/mol. The first-order valence-electron chi connectivity index (χ1n) is 7.41. The zero-order chi connectivity index (χ0) is 17.1. The Morgan fingerprint density at radius 1 is 1.50 bits per heavy atom. The summed E-state index contributed by atoms with van der Waals surface area (Å²) in [4.78, 5) is 11.7. The maximum atomic E-state index is 13.0. The molecule has 9 heteroatoms. The van der Waals surface area contributed by atoms with Gasteiger partial charge in [-0.15, -0.1) is 10.2 Å². The lowest BCUT2D eigenvalue weighted by Gasteiger charge is -2.08. The van der Waals surface area contributed by atoms with Crippen LogP contribution in [-0.2, 0) is 18.4 Å². The van der Waals surface area contributed by atoms with Crippen LogP contribution in [0.4, 0.5) is 4.39 Å². The van der Waals surface area contributed by atoms with Gasteiger partial charge in [-0.2, -0.15) is 0 Å². The smallest absolute Gasteiger partial charge is 0.230 e. The van der Waals surface area contributed by atoms with E-state index in [1.165, 1.54) is 30.0 Å². The van der Waals surface area contributed by atoms with Gasteiger partial charge in [-0.25, -0.2) is 4.39 Å². The van der Waals surface area contributed by atoms with Gasteiger partial charge in [-0.3, -0.25) is 4.79 Å². The number of nitrogens with one attached hydrogen (secondary N) is 1. The van der Waals surface area contributed by atoms with E-state index in [2.05, 4.69) is 15.5 Å². The molecule has 1 heterocycles. The molecule has 0 aliphatic heterocycles. The van der Waals surface area contributed by atoms with Crippen LogP contribution in [0.1, 0.15) is 18.7 Å². The molecule has 1 saturated carbocycles. The number of aromatic nitrogens is 3. The summed E-state index contributed by atoms with van der Waals surface area (Å²) in [6, 6.07) is 4.28. The Morgan fingerprint density at radius 3 is 3.00 bits per heavy atom. The lowest BCUT2D eigenvalue weighted by Crippen LogP contribution is -2.27. The molecular formula is C15H16ClFN4O2S. The van der Waals surface area contributed by atoms with Crippen LogP contribution in [0.15, 0.2) is 23.4 Å². The van der Waals surface area contributed by atoms with E-state index in [4.69, 9.17) is 16.3 Å². The van der Waals surface area contributed by atoms with Gasteiger partial charge in [-0.05, 0) is 31.0 Å². The molecule has 24 heavy (non-hydrogen) atoms. The summed E-state index contributed by atoms with van der Waals surface area (Å²) in [6.07, 6.45) is 2.13. The van der Waals surface area contributed by atoms with E-state index in [1.54, 1.807) is 11.6 Å². The fraction of sp³-hybridized carbons (Fsp3) is 0.400. The van der Waals surface area contributed by atoms with E-state index in [0.29, 0.717) is 28.5 Å². The van der Waals surface area contributed by atoms with Gasteiger partial charge in [0, 0.05) is 13.1 Å². The second-order valence-corrected chi connectivity index (χ2v) is 6.80. The van der Waals surface area contributed by atoms with E-state index in [-0.39, 0.29) is 17.5 Å². The van der Waals surface area contributed by atoms with Crippen LogP contribution in [-0.4, -0.2) is 32.5 Å². The van der Waals surface area contributed by atoms with Crippen molar-refractivity contribution in [1.29, 1.82) is 0 Å². The number of hydrogen-bond donors (Lipinski definition) is 1. The fourth-order valence-electron chi connectivity index (χ4n) is 1.96. The highest BCUT2D eigenvalue weighted by Crippen LogP contribution is 2.26. The molecule has 0 bridgehead atoms. The van der Waals surface area contributed by atoms with E-state index in [9.17, 15) is 9.18 Å². The molecule has 0 unspecified atom stereocenters. The largest absolute Gasteiger partial charge is 0.484 e. The lowest BCUT2D eigenvalue weighted by molar-refractivity contribution is -0.118. The molecule has 1 aromatic carbocycles. The number of thioether (sulfide) groups is 1. The number of carbonyl (C=O) groups is 1. The second-order valence-electron chi connectivity index (χ2n) is 5.45. The molecule has 3 rings (SSSR count). The van der Waals surface area contributed by atoms with E-state index in [0.717, 1.165) is 12.8 Å². The maximum Gasteiger partial charge on any atom is 0.230 e. The minimum absolute atomic E-state index is 0.00129. The molecule has 2 aromatic rings. The minimum atomic E-state index is -0.422. The summed E-state index contributed by atoms with van der Waals surface area (Å²) < 4.78 is 20.3. The molecule has 1 amide bonds. The third-order valence-corrected chi connectivity index (χ3v) is 4.77. The van der Waals surface area contributed by atoms with Gasteiger partial charge < -0.3 is 14.6 Å². The highest BCUT2D eigenvalue weighted by atomic mass is 35.5. The van der Waals surface area contributed by atoms with Crippen LogP contribution in [0.2, 0.25) is 5.02 Å². The van der Waals surface area contributed by atoms with Crippen molar-refractivity contribution >= 4 is 29.3 Å². The molecule has 0 spiro atoms. The van der Waals surface area contributed by atoms with Crippen LogP contribution in [0.5, 0.6) is 5.75 Å². The molecule has 128 valence electrons. The zero-order valence-electron chi connectivity index (χ0n) is 13.0. The number of carbonyl (C=O) groups excluding carboxylic acids is 1. The van der Waals surface area contributed by atoms with Crippen LogP contribution < -0.4 is 10.1 Å². The number of rotatable bonds is 7. The number of ether oxygens (including phenoxy) is 1. The summed E-state index contributed by atoms with van der Waals surface area (Å²) in [5.41, 5.74) is 0. The van der Waals surface area contributed by atoms with Crippen molar-refractivity contribution in [3.8, 4) is 5.75 Å². The maximum absolute atomic E-state index is 13.0. The van der Waals surface area contributed by atoms with Gasteiger partial charge in [0.05, 0.1) is 10.8 Å². The van der Waals surface area contributed by atoms with Gasteiger partial charge in [0.25, 0.3) is 0 Å². The molecular weight excluding hydrogens is 355 g/mol. The minimum Gasteiger partial charge on any atom is -0.484 e. The summed E-state index contributed by atoms with van der Waals surface area (Å²) in [6.45, 7) is 0.143. The van der Waals surface area contributed by atoms with Gasteiger partial charge >= 0.3 is 0 Å². The fourth-order valence-corrected chi connectivity index (χ4v) is 2.92. The molecule has 6 nitrogen and oxygen atoms in total. The second kappa shape index (κ2) is 7.40. The zero-order valence-corrected chi connectivity index (χ0v) is 14.5. The van der Waals surface area contributed by atoms with Gasteiger partial charge in [0.2, 0.25) is 5.91 Å². The summed E-state index contributed by atoms with van der Waals surface area (Å²) in [5.74, 6) is 0.836. The van der Waals surface area contributed by atoms with E-state index >= 15 is 0 Å². The van der Waals surface area contributed by atoms with Crippen molar-refractivity contribution in [2.45, 2.75) is 30.6 Å². The number of amides is 1. The monoisotopic (exact) mass is 370 g/mol. The topological polar surface area (TPSA) is 69.0 Å². The molecule has 1 aliphatic rings. The number of nitrogens with zero attached hydrogens (tertiary/aromatic N) is 3. The molecule has 0 saturated heterocycles. The molecule has 0 atom stereocenters. The normalized spacial score (nSPS) is 13.8. The van der Waals surface area contributed by atoms with Crippen LogP contribution >= 0.6 is 23.4 Å². The highest BCUT2D eigenvalue weighted by Gasteiger charge is 2.23. The number of hydrogen-bond acceptors (Lipinski definition) is 5. The SMILES string of the molecule is Cn1c(COc2ccc(F)cc2Cl)nnc1SCC(=O)NC1CC1. The molecule has 0 radical (unpaired) electrons. The van der Waals surface area contributed by atoms with Crippen molar-refractivity contribution in [2.75, 3.05) is 5.75 Å². The van der Waals surface area contributed by atoms with Gasteiger partial charge in [-0.1, -0.05) is 23.4 Å². The van der Waals surface area contributed by atoms with E-state index < -0.39 is 5.82 Å². The van der Waals surface area contributed by atoms with Crippen molar-refractivity contribution in [3.05, 3.63) is 34.9 Å².